The Hall–Kier alpha value is -3.33. The van der Waals surface area contributed by atoms with Gasteiger partial charge >= 0.3 is 0 Å². The van der Waals surface area contributed by atoms with E-state index in [-0.39, 0.29) is 29.4 Å². The third-order valence-corrected chi connectivity index (χ3v) is 6.63. The Balaban J connectivity index is 1.86. The van der Waals surface area contributed by atoms with Crippen LogP contribution >= 0.6 is 11.3 Å². The van der Waals surface area contributed by atoms with Crippen molar-refractivity contribution < 1.29 is 19.1 Å². The first-order chi connectivity index (χ1) is 16.0. The van der Waals surface area contributed by atoms with Crippen LogP contribution in [-0.2, 0) is 22.6 Å². The summed E-state index contributed by atoms with van der Waals surface area (Å²) in [6.45, 7) is 3.11. The number of nitrogens with zero attached hydrogens (tertiary/aromatic N) is 1. The minimum Gasteiger partial charge on any atom is -0.379 e. The van der Waals surface area contributed by atoms with Crippen LogP contribution < -0.4 is 11.3 Å². The molecule has 0 aliphatic carbocycles. The Kier molecular flexibility index (Phi) is 6.98. The quantitative estimate of drug-likeness (QED) is 0.285. The number of pyridine rings is 1. The van der Waals surface area contributed by atoms with Gasteiger partial charge in [0.25, 0.3) is 11.5 Å². The van der Waals surface area contributed by atoms with Gasteiger partial charge in [-0.3, -0.25) is 19.0 Å². The van der Waals surface area contributed by atoms with E-state index in [1.807, 2.05) is 31.2 Å². The molecule has 0 aliphatic heterocycles. The smallest absolute Gasteiger partial charge is 0.260 e. The number of hydrogen-bond donors (Lipinski definition) is 1. The number of nitrogens with two attached hydrogens (primary N) is 1. The molecule has 2 N–H and O–H groups in total. The lowest BCUT2D eigenvalue weighted by molar-refractivity contribution is 0.0455. The van der Waals surface area contributed by atoms with E-state index in [0.717, 1.165) is 5.39 Å². The van der Waals surface area contributed by atoms with Crippen molar-refractivity contribution in [1.82, 2.24) is 4.57 Å². The highest BCUT2D eigenvalue weighted by Gasteiger charge is 2.23. The Morgan fingerprint density at radius 2 is 1.70 bits per heavy atom. The lowest BCUT2D eigenvalue weighted by Crippen LogP contribution is -2.25. The molecule has 1 amide bonds. The zero-order chi connectivity index (χ0) is 23.4. The zero-order valence-electron chi connectivity index (χ0n) is 18.2. The van der Waals surface area contributed by atoms with Gasteiger partial charge in [0.1, 0.15) is 0 Å². The molecule has 2 aromatic carbocycles. The molecule has 0 radical (unpaired) electrons. The number of rotatable bonds is 10. The number of hydrogen-bond acceptors (Lipinski definition) is 6. The summed E-state index contributed by atoms with van der Waals surface area (Å²) in [5.41, 5.74) is 6.90. The van der Waals surface area contributed by atoms with Gasteiger partial charge in [-0.15, -0.1) is 11.3 Å². The number of carbonyl (C=O) groups excluding carboxylic acids is 2. The van der Waals surface area contributed by atoms with Gasteiger partial charge in [0.2, 0.25) is 0 Å². The Morgan fingerprint density at radius 1 is 1.00 bits per heavy atom. The molecule has 2 aromatic heterocycles. The van der Waals surface area contributed by atoms with Crippen molar-refractivity contribution in [2.24, 2.45) is 5.73 Å². The number of carbonyl (C=O) groups is 2. The van der Waals surface area contributed by atoms with E-state index in [0.29, 0.717) is 46.6 Å². The average Bonchev–Trinajstić information content (AvgIpc) is 3.22. The van der Waals surface area contributed by atoms with E-state index in [1.165, 1.54) is 15.9 Å². The number of aromatic nitrogens is 1. The van der Waals surface area contributed by atoms with E-state index in [1.54, 1.807) is 30.3 Å². The van der Waals surface area contributed by atoms with Crippen molar-refractivity contribution in [3.05, 3.63) is 81.0 Å². The number of para-hydroxylation sites is 1. The molecule has 0 aliphatic rings. The maximum Gasteiger partial charge on any atom is 0.260 e. The van der Waals surface area contributed by atoms with Gasteiger partial charge in [0.05, 0.1) is 46.8 Å². The molecular formula is C25H24N2O5S. The van der Waals surface area contributed by atoms with Gasteiger partial charge in [-0.1, -0.05) is 48.5 Å². The van der Waals surface area contributed by atoms with E-state index >= 15 is 0 Å². The second kappa shape index (κ2) is 10.1. The van der Waals surface area contributed by atoms with Crippen LogP contribution in [0.1, 0.15) is 32.5 Å². The molecule has 8 heteroatoms. The summed E-state index contributed by atoms with van der Waals surface area (Å²) < 4.78 is 13.1. The highest BCUT2D eigenvalue weighted by atomic mass is 32.1. The van der Waals surface area contributed by atoms with E-state index in [2.05, 4.69) is 0 Å². The number of amides is 1. The van der Waals surface area contributed by atoms with Crippen LogP contribution in [0.5, 0.6) is 0 Å². The molecule has 0 atom stereocenters. The lowest BCUT2D eigenvalue weighted by atomic mass is 10.1. The largest absolute Gasteiger partial charge is 0.379 e. The first-order valence-corrected chi connectivity index (χ1v) is 11.4. The van der Waals surface area contributed by atoms with Crippen molar-refractivity contribution in [3.8, 4) is 0 Å². The summed E-state index contributed by atoms with van der Waals surface area (Å²) in [5.74, 6) is -0.794. The molecule has 0 spiro atoms. The topological polar surface area (TPSA) is 101 Å². The SMILES string of the molecule is CCOCCOCc1c(C(N)=O)sc2c1c(=O)n(CC(=O)c1ccccc1)c1ccccc21. The average molecular weight is 465 g/mol. The number of fused-ring (bicyclic) bond motifs is 3. The summed E-state index contributed by atoms with van der Waals surface area (Å²) >= 11 is 1.18. The number of thiophene rings is 1. The lowest BCUT2D eigenvalue weighted by Gasteiger charge is -2.12. The van der Waals surface area contributed by atoms with Crippen LogP contribution in [0.15, 0.2) is 59.4 Å². The van der Waals surface area contributed by atoms with Crippen molar-refractivity contribution >= 4 is 44.0 Å². The highest BCUT2D eigenvalue weighted by Crippen LogP contribution is 2.35. The number of ether oxygens (including phenoxy) is 2. The minimum absolute atomic E-state index is 0.0472. The highest BCUT2D eigenvalue weighted by molar-refractivity contribution is 7.22. The monoisotopic (exact) mass is 464 g/mol. The number of Topliss-reactive ketones (excluding diaryl/α,β-unsaturated/α-hetero) is 1. The van der Waals surface area contributed by atoms with Gasteiger partial charge in [-0.25, -0.2) is 0 Å². The van der Waals surface area contributed by atoms with Gasteiger partial charge in [-0.2, -0.15) is 0 Å². The van der Waals surface area contributed by atoms with Crippen LogP contribution in [0.4, 0.5) is 0 Å². The molecule has 0 saturated carbocycles. The van der Waals surface area contributed by atoms with E-state index in [9.17, 15) is 14.4 Å². The number of benzene rings is 2. The van der Waals surface area contributed by atoms with Crippen molar-refractivity contribution in [1.29, 1.82) is 0 Å². The normalized spacial score (nSPS) is 11.3. The van der Waals surface area contributed by atoms with Crippen LogP contribution in [0.3, 0.4) is 0 Å². The molecule has 0 fully saturated rings. The molecule has 33 heavy (non-hydrogen) atoms. The standard InChI is InChI=1S/C25H24N2O5S/c1-2-31-12-13-32-15-18-21-22(33-23(18)24(26)29)17-10-6-7-11-19(17)27(25(21)30)14-20(28)16-8-4-3-5-9-16/h3-11H,2,12-15H2,1H3,(H2,26,29). The van der Waals surface area contributed by atoms with Gasteiger partial charge < -0.3 is 15.2 Å². The molecule has 0 saturated heterocycles. The Labute approximate surface area is 194 Å². The predicted molar refractivity (Wildman–Crippen MR) is 129 cm³/mol. The Bertz CT molecular complexity index is 1370. The summed E-state index contributed by atoms with van der Waals surface area (Å²) in [6, 6.07) is 16.2. The molecule has 4 aromatic rings. The van der Waals surface area contributed by atoms with Crippen molar-refractivity contribution in [2.45, 2.75) is 20.1 Å². The summed E-state index contributed by atoms with van der Waals surface area (Å²) in [4.78, 5) is 39.1. The summed E-state index contributed by atoms with van der Waals surface area (Å²) in [6.07, 6.45) is 0. The zero-order valence-corrected chi connectivity index (χ0v) is 19.0. The van der Waals surface area contributed by atoms with Crippen molar-refractivity contribution in [3.63, 3.8) is 0 Å². The molecule has 4 rings (SSSR count). The first-order valence-electron chi connectivity index (χ1n) is 10.6. The summed E-state index contributed by atoms with van der Waals surface area (Å²) in [5, 5.41) is 1.14. The van der Waals surface area contributed by atoms with Gasteiger partial charge in [0.15, 0.2) is 5.78 Å². The summed E-state index contributed by atoms with van der Waals surface area (Å²) in [7, 11) is 0. The van der Waals surface area contributed by atoms with E-state index < -0.39 is 5.91 Å². The van der Waals surface area contributed by atoms with Crippen LogP contribution in [0.25, 0.3) is 21.0 Å². The van der Waals surface area contributed by atoms with Gasteiger partial charge in [0, 0.05) is 23.1 Å². The fraction of sp³-hybridized carbons (Fsp3) is 0.240. The first kappa shape index (κ1) is 22.8. The number of ketones is 1. The second-order valence-electron chi connectivity index (χ2n) is 7.43. The third-order valence-electron chi connectivity index (χ3n) is 5.35. The number of primary amides is 1. The fourth-order valence-corrected chi connectivity index (χ4v) is 5.00. The molecular weight excluding hydrogens is 440 g/mol. The predicted octanol–water partition coefficient (Wildman–Crippen LogP) is 3.75. The second-order valence-corrected chi connectivity index (χ2v) is 8.45. The molecule has 7 nitrogen and oxygen atoms in total. The van der Waals surface area contributed by atoms with Crippen LogP contribution in [0.2, 0.25) is 0 Å². The van der Waals surface area contributed by atoms with Crippen LogP contribution in [-0.4, -0.2) is 36.1 Å². The fourth-order valence-electron chi connectivity index (χ4n) is 3.82. The molecule has 0 bridgehead atoms. The minimum atomic E-state index is -0.616. The maximum atomic E-state index is 13.7. The van der Waals surface area contributed by atoms with Crippen LogP contribution in [0, 0.1) is 0 Å². The van der Waals surface area contributed by atoms with E-state index in [4.69, 9.17) is 15.2 Å². The Morgan fingerprint density at radius 3 is 2.42 bits per heavy atom. The van der Waals surface area contributed by atoms with Crippen molar-refractivity contribution in [2.75, 3.05) is 19.8 Å². The molecule has 0 unspecified atom stereocenters. The van der Waals surface area contributed by atoms with Gasteiger partial charge in [-0.05, 0) is 13.0 Å². The molecule has 170 valence electrons. The molecule has 2 heterocycles. The third kappa shape index (κ3) is 4.59. The maximum absolute atomic E-state index is 13.7.